The van der Waals surface area contributed by atoms with Crippen LogP contribution in [0.25, 0.3) is 0 Å². The van der Waals surface area contributed by atoms with Crippen LogP contribution in [0.15, 0.2) is 36.5 Å². The molecule has 0 unspecified atom stereocenters. The van der Waals surface area contributed by atoms with Crippen LogP contribution in [-0.2, 0) is 16.1 Å². The van der Waals surface area contributed by atoms with Crippen molar-refractivity contribution in [3.05, 3.63) is 52.2 Å². The Morgan fingerprint density at radius 2 is 2.24 bits per heavy atom. The molecule has 0 heterocycles. The number of carbonyl (C=O) groups is 1. The number of carbonyl (C=O) groups excluding carboxylic acids is 1. The zero-order chi connectivity index (χ0) is 12.7. The summed E-state index contributed by atoms with van der Waals surface area (Å²) in [5.74, 6) is -0.486. The van der Waals surface area contributed by atoms with Gasteiger partial charge in [0.2, 0.25) is 0 Å². The number of para-hydroxylation sites is 1. The highest BCUT2D eigenvalue weighted by molar-refractivity contribution is 5.81. The molecule has 0 aliphatic carbocycles. The van der Waals surface area contributed by atoms with Gasteiger partial charge in [0.25, 0.3) is 5.69 Å². The Bertz CT molecular complexity index is 443. The van der Waals surface area contributed by atoms with E-state index in [1.165, 1.54) is 25.5 Å². The molecular formula is C11H12N2O4. The third-order valence-electron chi connectivity index (χ3n) is 2.02. The van der Waals surface area contributed by atoms with E-state index in [0.717, 1.165) is 0 Å². The lowest BCUT2D eigenvalue weighted by atomic mass is 10.2. The molecule has 6 heteroatoms. The maximum Gasteiger partial charge on any atom is 0.331 e. The van der Waals surface area contributed by atoms with E-state index >= 15 is 0 Å². The smallest absolute Gasteiger partial charge is 0.331 e. The predicted octanol–water partition coefficient (Wildman–Crippen LogP) is 1.37. The van der Waals surface area contributed by atoms with Gasteiger partial charge in [-0.2, -0.15) is 0 Å². The highest BCUT2D eigenvalue weighted by Crippen LogP contribution is 2.16. The van der Waals surface area contributed by atoms with E-state index in [0.29, 0.717) is 5.56 Å². The summed E-state index contributed by atoms with van der Waals surface area (Å²) in [7, 11) is 1.27. The van der Waals surface area contributed by atoms with Gasteiger partial charge in [-0.15, -0.1) is 0 Å². The number of nitro groups is 1. The van der Waals surface area contributed by atoms with E-state index in [2.05, 4.69) is 10.1 Å². The molecule has 1 aromatic carbocycles. The van der Waals surface area contributed by atoms with Crippen molar-refractivity contribution in [2.45, 2.75) is 6.54 Å². The van der Waals surface area contributed by atoms with E-state index in [4.69, 9.17) is 0 Å². The zero-order valence-electron chi connectivity index (χ0n) is 9.25. The Kier molecular flexibility index (Phi) is 4.68. The molecule has 1 N–H and O–H groups in total. The summed E-state index contributed by atoms with van der Waals surface area (Å²) in [6, 6.07) is 6.40. The van der Waals surface area contributed by atoms with Crippen molar-refractivity contribution in [1.29, 1.82) is 0 Å². The molecule has 0 fully saturated rings. The molecule has 6 nitrogen and oxygen atoms in total. The number of methoxy groups -OCH3 is 1. The first kappa shape index (κ1) is 12.7. The predicted molar refractivity (Wildman–Crippen MR) is 61.1 cm³/mol. The molecule has 0 bridgehead atoms. The normalized spacial score (nSPS) is 10.2. The number of ether oxygens (including phenoxy) is 1. The SMILES string of the molecule is COC(=O)/C=C/NCc1ccccc1[N+](=O)[O-]. The molecule has 0 radical (unpaired) electrons. The first-order valence-electron chi connectivity index (χ1n) is 4.85. The number of hydrogen-bond acceptors (Lipinski definition) is 5. The van der Waals surface area contributed by atoms with Crippen molar-refractivity contribution >= 4 is 11.7 Å². The number of benzene rings is 1. The second kappa shape index (κ2) is 6.26. The number of hydrogen-bond donors (Lipinski definition) is 1. The lowest BCUT2D eigenvalue weighted by Crippen LogP contribution is -2.08. The van der Waals surface area contributed by atoms with Gasteiger partial charge in [-0.1, -0.05) is 18.2 Å². The summed E-state index contributed by atoms with van der Waals surface area (Å²) in [5.41, 5.74) is 0.596. The standard InChI is InChI=1S/C11H12N2O4/c1-17-11(14)6-7-12-8-9-4-2-3-5-10(9)13(15)16/h2-7,12H,8H2,1H3/b7-6+. The van der Waals surface area contributed by atoms with Crippen LogP contribution >= 0.6 is 0 Å². The number of nitrogens with zero attached hydrogens (tertiary/aromatic N) is 1. The third kappa shape index (κ3) is 3.94. The first-order valence-corrected chi connectivity index (χ1v) is 4.85. The number of esters is 1. The van der Waals surface area contributed by atoms with Gasteiger partial charge in [0.15, 0.2) is 0 Å². The van der Waals surface area contributed by atoms with Gasteiger partial charge < -0.3 is 10.1 Å². The lowest BCUT2D eigenvalue weighted by molar-refractivity contribution is -0.385. The van der Waals surface area contributed by atoms with Gasteiger partial charge in [-0.3, -0.25) is 10.1 Å². The molecule has 0 atom stereocenters. The van der Waals surface area contributed by atoms with Gasteiger partial charge in [0, 0.05) is 30.5 Å². The Morgan fingerprint density at radius 1 is 1.53 bits per heavy atom. The van der Waals surface area contributed by atoms with Gasteiger partial charge >= 0.3 is 5.97 Å². The molecule has 0 saturated carbocycles. The van der Waals surface area contributed by atoms with Crippen LogP contribution in [0, 0.1) is 10.1 Å². The van der Waals surface area contributed by atoms with Gasteiger partial charge in [0.05, 0.1) is 12.0 Å². The molecule has 0 aliphatic rings. The van der Waals surface area contributed by atoms with Crippen LogP contribution < -0.4 is 5.32 Å². The van der Waals surface area contributed by atoms with Gasteiger partial charge in [-0.05, 0) is 0 Å². The minimum atomic E-state index is -0.486. The second-order valence-electron chi connectivity index (χ2n) is 3.12. The molecule has 0 spiro atoms. The van der Waals surface area contributed by atoms with Crippen molar-refractivity contribution in [2.75, 3.05) is 7.11 Å². The monoisotopic (exact) mass is 236 g/mol. The maximum absolute atomic E-state index is 10.7. The van der Waals surface area contributed by atoms with E-state index in [1.807, 2.05) is 0 Å². The fourth-order valence-corrected chi connectivity index (χ4v) is 1.20. The Balaban J connectivity index is 2.61. The van der Waals surface area contributed by atoms with E-state index in [9.17, 15) is 14.9 Å². The fourth-order valence-electron chi connectivity index (χ4n) is 1.20. The van der Waals surface area contributed by atoms with Crippen LogP contribution in [0.1, 0.15) is 5.56 Å². The Morgan fingerprint density at radius 3 is 2.88 bits per heavy atom. The van der Waals surface area contributed by atoms with Crippen LogP contribution in [0.2, 0.25) is 0 Å². The van der Waals surface area contributed by atoms with Crippen molar-refractivity contribution in [3.63, 3.8) is 0 Å². The summed E-state index contributed by atoms with van der Waals surface area (Å²) >= 11 is 0. The average Bonchev–Trinajstić information content (AvgIpc) is 2.34. The fraction of sp³-hybridized carbons (Fsp3) is 0.182. The number of nitrogens with one attached hydrogen (secondary N) is 1. The zero-order valence-corrected chi connectivity index (χ0v) is 9.25. The molecule has 0 aromatic heterocycles. The van der Waals surface area contributed by atoms with E-state index < -0.39 is 10.9 Å². The van der Waals surface area contributed by atoms with Crippen LogP contribution in [0.4, 0.5) is 5.69 Å². The largest absolute Gasteiger partial charge is 0.466 e. The minimum Gasteiger partial charge on any atom is -0.466 e. The van der Waals surface area contributed by atoms with E-state index in [-0.39, 0.29) is 12.2 Å². The highest BCUT2D eigenvalue weighted by Gasteiger charge is 2.10. The van der Waals surface area contributed by atoms with Gasteiger partial charge in [-0.25, -0.2) is 4.79 Å². The summed E-state index contributed by atoms with van der Waals surface area (Å²) < 4.78 is 4.39. The highest BCUT2D eigenvalue weighted by atomic mass is 16.6. The Labute approximate surface area is 98.0 Å². The molecular weight excluding hydrogens is 224 g/mol. The molecule has 1 rings (SSSR count). The molecule has 90 valence electrons. The van der Waals surface area contributed by atoms with Crippen molar-refractivity contribution in [1.82, 2.24) is 5.32 Å². The molecule has 0 aliphatic heterocycles. The quantitative estimate of drug-likeness (QED) is 0.361. The number of rotatable bonds is 5. The second-order valence-corrected chi connectivity index (χ2v) is 3.12. The van der Waals surface area contributed by atoms with E-state index in [1.54, 1.807) is 18.2 Å². The summed E-state index contributed by atoms with van der Waals surface area (Å²) in [4.78, 5) is 21.0. The average molecular weight is 236 g/mol. The third-order valence-corrected chi connectivity index (χ3v) is 2.02. The lowest BCUT2D eigenvalue weighted by Gasteiger charge is -2.02. The summed E-state index contributed by atoms with van der Waals surface area (Å²) in [6.07, 6.45) is 2.59. The van der Waals surface area contributed by atoms with Crippen LogP contribution in [0.3, 0.4) is 0 Å². The van der Waals surface area contributed by atoms with Crippen molar-refractivity contribution in [3.8, 4) is 0 Å². The first-order chi connectivity index (χ1) is 8.15. The molecule has 0 saturated heterocycles. The molecule has 17 heavy (non-hydrogen) atoms. The summed E-state index contributed by atoms with van der Waals surface area (Å²) in [5, 5.41) is 13.5. The van der Waals surface area contributed by atoms with Crippen molar-refractivity contribution < 1.29 is 14.5 Å². The topological polar surface area (TPSA) is 81.5 Å². The Hall–Kier alpha value is -2.37. The maximum atomic E-state index is 10.7. The number of nitro benzene ring substituents is 1. The molecule has 0 amide bonds. The minimum absolute atomic E-state index is 0.0477. The summed E-state index contributed by atoms with van der Waals surface area (Å²) in [6.45, 7) is 0.268. The van der Waals surface area contributed by atoms with Crippen LogP contribution in [0.5, 0.6) is 0 Å². The van der Waals surface area contributed by atoms with Gasteiger partial charge in [0.1, 0.15) is 0 Å². The molecule has 1 aromatic rings. The van der Waals surface area contributed by atoms with Crippen molar-refractivity contribution in [2.24, 2.45) is 0 Å². The van der Waals surface area contributed by atoms with Crippen LogP contribution in [-0.4, -0.2) is 18.0 Å².